The largest absolute Gasteiger partial charge is 0.504 e. The van der Waals surface area contributed by atoms with Crippen LogP contribution in [0.1, 0.15) is 17.2 Å². The lowest BCUT2D eigenvalue weighted by molar-refractivity contribution is 0.264. The minimum absolute atomic E-state index is 0.196. The molecule has 0 aromatic heterocycles. The second-order valence-corrected chi connectivity index (χ2v) is 2.98. The highest BCUT2D eigenvalue weighted by Crippen LogP contribution is 2.35. The van der Waals surface area contributed by atoms with Crippen LogP contribution in [0.4, 0.5) is 0 Å². The summed E-state index contributed by atoms with van der Waals surface area (Å²) in [5, 5.41) is 27.5. The standard InChI is InChI=1S/C10H12N2O3/c1-15-8-3-2-6(4-11)9(10(8)14)7(12)5-13/h2-3,7,13-14H,5,12H2,1H3/t7-/m1/s1. The van der Waals surface area contributed by atoms with E-state index >= 15 is 0 Å². The first kappa shape index (κ1) is 11.3. The molecule has 15 heavy (non-hydrogen) atoms. The molecule has 1 aromatic carbocycles. The molecule has 0 unspecified atom stereocenters. The van der Waals surface area contributed by atoms with E-state index in [4.69, 9.17) is 20.8 Å². The van der Waals surface area contributed by atoms with Crippen LogP contribution < -0.4 is 10.5 Å². The van der Waals surface area contributed by atoms with Crippen molar-refractivity contribution in [2.45, 2.75) is 6.04 Å². The van der Waals surface area contributed by atoms with E-state index in [0.717, 1.165) is 0 Å². The molecule has 4 N–H and O–H groups in total. The van der Waals surface area contributed by atoms with Crippen LogP contribution in [0.5, 0.6) is 11.5 Å². The molecule has 5 heteroatoms. The molecule has 1 rings (SSSR count). The molecule has 0 saturated heterocycles. The van der Waals surface area contributed by atoms with E-state index in [1.54, 1.807) is 0 Å². The Morgan fingerprint density at radius 3 is 2.73 bits per heavy atom. The first-order valence-electron chi connectivity index (χ1n) is 4.32. The first-order valence-corrected chi connectivity index (χ1v) is 4.32. The summed E-state index contributed by atoms with van der Waals surface area (Å²) in [5.74, 6) is 0.0333. The van der Waals surface area contributed by atoms with Crippen molar-refractivity contribution in [2.24, 2.45) is 5.73 Å². The van der Waals surface area contributed by atoms with Crippen molar-refractivity contribution in [3.05, 3.63) is 23.3 Å². The van der Waals surface area contributed by atoms with Gasteiger partial charge in [0.05, 0.1) is 31.4 Å². The molecule has 0 fully saturated rings. The van der Waals surface area contributed by atoms with Crippen LogP contribution in [0.15, 0.2) is 12.1 Å². The Morgan fingerprint density at radius 1 is 1.60 bits per heavy atom. The maximum absolute atomic E-state index is 9.74. The quantitative estimate of drug-likeness (QED) is 0.661. The average Bonchev–Trinajstić information content (AvgIpc) is 2.27. The van der Waals surface area contributed by atoms with Gasteiger partial charge in [0, 0.05) is 5.56 Å². The molecule has 0 aliphatic heterocycles. The number of phenols is 1. The number of methoxy groups -OCH3 is 1. The van der Waals surface area contributed by atoms with Crippen molar-refractivity contribution < 1.29 is 14.9 Å². The summed E-state index contributed by atoms with van der Waals surface area (Å²) in [6.07, 6.45) is 0. The lowest BCUT2D eigenvalue weighted by Crippen LogP contribution is -2.16. The number of aliphatic hydroxyl groups is 1. The highest BCUT2D eigenvalue weighted by molar-refractivity contribution is 5.55. The van der Waals surface area contributed by atoms with Crippen LogP contribution in [0.25, 0.3) is 0 Å². The van der Waals surface area contributed by atoms with E-state index in [1.165, 1.54) is 19.2 Å². The van der Waals surface area contributed by atoms with Crippen LogP contribution in [-0.4, -0.2) is 23.9 Å². The van der Waals surface area contributed by atoms with Gasteiger partial charge in [-0.05, 0) is 12.1 Å². The number of benzene rings is 1. The number of ether oxygens (including phenoxy) is 1. The lowest BCUT2D eigenvalue weighted by Gasteiger charge is -2.14. The number of rotatable bonds is 3. The molecule has 0 amide bonds. The SMILES string of the molecule is COc1ccc(C#N)c([C@H](N)CO)c1O. The zero-order chi connectivity index (χ0) is 11.4. The van der Waals surface area contributed by atoms with Crippen molar-refractivity contribution >= 4 is 0 Å². The van der Waals surface area contributed by atoms with Crippen LogP contribution >= 0.6 is 0 Å². The maximum Gasteiger partial charge on any atom is 0.163 e. The molecule has 5 nitrogen and oxygen atoms in total. The van der Waals surface area contributed by atoms with Gasteiger partial charge in [0.25, 0.3) is 0 Å². The first-order chi connectivity index (χ1) is 7.15. The predicted molar refractivity (Wildman–Crippen MR) is 53.4 cm³/mol. The van der Waals surface area contributed by atoms with Gasteiger partial charge < -0.3 is 20.7 Å². The van der Waals surface area contributed by atoms with Crippen molar-refractivity contribution in [3.63, 3.8) is 0 Å². The Hall–Kier alpha value is -1.77. The maximum atomic E-state index is 9.74. The fraction of sp³-hybridized carbons (Fsp3) is 0.300. The number of hydrogen-bond donors (Lipinski definition) is 3. The fourth-order valence-electron chi connectivity index (χ4n) is 1.32. The van der Waals surface area contributed by atoms with E-state index in [-0.39, 0.29) is 29.2 Å². The molecule has 0 bridgehead atoms. The van der Waals surface area contributed by atoms with Gasteiger partial charge in [-0.2, -0.15) is 5.26 Å². The minimum atomic E-state index is -0.797. The summed E-state index contributed by atoms with van der Waals surface area (Å²) in [4.78, 5) is 0. The molecule has 0 radical (unpaired) electrons. The third-order valence-electron chi connectivity index (χ3n) is 2.09. The molecular formula is C10H12N2O3. The highest BCUT2D eigenvalue weighted by Gasteiger charge is 2.18. The number of aromatic hydroxyl groups is 1. The van der Waals surface area contributed by atoms with Crippen LogP contribution in [0.2, 0.25) is 0 Å². The van der Waals surface area contributed by atoms with Crippen LogP contribution in [-0.2, 0) is 0 Å². The number of nitriles is 1. The summed E-state index contributed by atoms with van der Waals surface area (Å²) in [6.45, 7) is -0.352. The van der Waals surface area contributed by atoms with Crippen molar-refractivity contribution in [1.29, 1.82) is 5.26 Å². The number of aliphatic hydroxyl groups excluding tert-OH is 1. The normalized spacial score (nSPS) is 11.9. The summed E-state index contributed by atoms with van der Waals surface area (Å²) in [7, 11) is 1.40. The summed E-state index contributed by atoms with van der Waals surface area (Å²) >= 11 is 0. The molecule has 0 spiro atoms. The Kier molecular flexibility index (Phi) is 3.50. The van der Waals surface area contributed by atoms with Gasteiger partial charge in [0.2, 0.25) is 0 Å². The molecule has 0 aliphatic carbocycles. The van der Waals surface area contributed by atoms with Gasteiger partial charge in [-0.3, -0.25) is 0 Å². The smallest absolute Gasteiger partial charge is 0.163 e. The molecule has 0 saturated carbocycles. The third kappa shape index (κ3) is 2.01. The number of phenolic OH excluding ortho intramolecular Hbond substituents is 1. The lowest BCUT2D eigenvalue weighted by atomic mass is 10.0. The second-order valence-electron chi connectivity index (χ2n) is 2.98. The van der Waals surface area contributed by atoms with E-state index < -0.39 is 6.04 Å². The van der Waals surface area contributed by atoms with Crippen molar-refractivity contribution in [3.8, 4) is 17.6 Å². The molecule has 0 aliphatic rings. The zero-order valence-electron chi connectivity index (χ0n) is 8.27. The Labute approximate surface area is 87.3 Å². The summed E-state index contributed by atoms with van der Waals surface area (Å²) in [6, 6.07) is 4.06. The number of hydrogen-bond acceptors (Lipinski definition) is 5. The topological polar surface area (TPSA) is 99.5 Å². The van der Waals surface area contributed by atoms with Crippen molar-refractivity contribution in [1.82, 2.24) is 0 Å². The second kappa shape index (κ2) is 4.64. The monoisotopic (exact) mass is 208 g/mol. The highest BCUT2D eigenvalue weighted by atomic mass is 16.5. The van der Waals surface area contributed by atoms with Gasteiger partial charge in [-0.15, -0.1) is 0 Å². The summed E-state index contributed by atoms with van der Waals surface area (Å²) < 4.78 is 4.88. The number of nitrogens with two attached hydrogens (primary N) is 1. The van der Waals surface area contributed by atoms with E-state index in [2.05, 4.69) is 0 Å². The van der Waals surface area contributed by atoms with E-state index in [1.807, 2.05) is 6.07 Å². The van der Waals surface area contributed by atoms with E-state index in [0.29, 0.717) is 0 Å². The van der Waals surface area contributed by atoms with Crippen LogP contribution in [0.3, 0.4) is 0 Å². The van der Waals surface area contributed by atoms with Gasteiger partial charge >= 0.3 is 0 Å². The van der Waals surface area contributed by atoms with Gasteiger partial charge in [0.15, 0.2) is 11.5 Å². The summed E-state index contributed by atoms with van der Waals surface area (Å²) in [5.41, 5.74) is 6.02. The predicted octanol–water partition coefficient (Wildman–Crippen LogP) is 0.265. The molecular weight excluding hydrogens is 196 g/mol. The Balaban J connectivity index is 3.37. The van der Waals surface area contributed by atoms with Gasteiger partial charge in [0.1, 0.15) is 0 Å². The molecule has 0 heterocycles. The Bertz CT molecular complexity index is 398. The number of nitrogens with zero attached hydrogens (tertiary/aromatic N) is 1. The van der Waals surface area contributed by atoms with Gasteiger partial charge in [-0.1, -0.05) is 0 Å². The molecule has 1 atom stereocenters. The molecule has 80 valence electrons. The third-order valence-corrected chi connectivity index (χ3v) is 2.09. The van der Waals surface area contributed by atoms with Crippen molar-refractivity contribution in [2.75, 3.05) is 13.7 Å². The van der Waals surface area contributed by atoms with Crippen LogP contribution in [0, 0.1) is 11.3 Å². The Morgan fingerprint density at radius 2 is 2.27 bits per heavy atom. The molecule has 1 aromatic rings. The minimum Gasteiger partial charge on any atom is -0.504 e. The fourth-order valence-corrected chi connectivity index (χ4v) is 1.32. The van der Waals surface area contributed by atoms with E-state index in [9.17, 15) is 5.11 Å². The zero-order valence-corrected chi connectivity index (χ0v) is 8.27. The van der Waals surface area contributed by atoms with Gasteiger partial charge in [-0.25, -0.2) is 0 Å². The average molecular weight is 208 g/mol.